The average molecular weight is 1490 g/mol. The summed E-state index contributed by atoms with van der Waals surface area (Å²) >= 11 is 0. The molecule has 0 aromatic heterocycles. The molecule has 0 aliphatic rings. The predicted molar refractivity (Wildman–Crippen MR) is 426 cm³/mol. The van der Waals surface area contributed by atoms with Crippen molar-refractivity contribution in [2.24, 2.45) is 0 Å². The van der Waals surface area contributed by atoms with Gasteiger partial charge in [-0.05, 0) is 141 Å². The van der Waals surface area contributed by atoms with Gasteiger partial charge in [0.05, 0.1) is 26.4 Å². The van der Waals surface area contributed by atoms with Gasteiger partial charge >= 0.3 is 39.5 Å². The van der Waals surface area contributed by atoms with E-state index in [4.69, 9.17) is 37.0 Å². The molecule has 0 aliphatic carbocycles. The van der Waals surface area contributed by atoms with Crippen LogP contribution in [0.2, 0.25) is 0 Å². The first-order valence-corrected chi connectivity index (χ1v) is 42.4. The maximum atomic E-state index is 13.1. The first kappa shape index (κ1) is 98.4. The Bertz CT molecular complexity index is 2640. The minimum absolute atomic E-state index is 0.00148. The lowest BCUT2D eigenvalue weighted by Gasteiger charge is -2.21. The Labute approximate surface area is 629 Å². The van der Waals surface area contributed by atoms with Crippen molar-refractivity contribution < 1.29 is 80.2 Å². The van der Waals surface area contributed by atoms with Crippen LogP contribution in [0.3, 0.4) is 0 Å². The standard InChI is InChI=1S/C85H138O17P2/c1-5-9-13-17-21-25-29-32-35-38-39-42-44-47-51-54-58-62-66-70-82(87)95-75-80(101-84(89)71-67-63-59-55-49-28-24-20-16-12-8-4)77-99-103(91,92)97-73-79(86)74-98-104(93,94)100-78-81(102-85(90)72-68-64-60-56-52-48-45-41-37-34-31-27-23-19-15-11-7-3)76-96-83(88)69-65-61-57-53-50-46-43-40-36-33-30-26-22-18-14-10-6-2/h9-11,13-15,21-23,25-27,32-37,39,42-43,45-46,48,53,56-57,60,79-81,86H,5-8,12,16-20,24,28-31,38,40-41,44,47,49-52,54-55,58-59,61-78H2,1-4H3,(H,91,92)(H,93,94)/b13-9-,14-10-,15-11-,25-21-,26-22-,27-23-,35-32-,36-33-,37-34-,42-39-,46-43-,48-45-,57-53-,60-56-. The summed E-state index contributed by atoms with van der Waals surface area (Å²) in [6.07, 6.45) is 89.3. The van der Waals surface area contributed by atoms with Gasteiger partial charge in [0.25, 0.3) is 0 Å². The maximum absolute atomic E-state index is 13.1. The second-order valence-corrected chi connectivity index (χ2v) is 28.4. The van der Waals surface area contributed by atoms with Crippen LogP contribution in [0.5, 0.6) is 0 Å². The summed E-state index contributed by atoms with van der Waals surface area (Å²) in [6, 6.07) is 0. The van der Waals surface area contributed by atoms with Crippen LogP contribution in [0.25, 0.3) is 0 Å². The normalized spacial score (nSPS) is 14.8. The number of hydrogen-bond acceptors (Lipinski definition) is 15. The smallest absolute Gasteiger partial charge is 0.462 e. The molecule has 0 aromatic rings. The number of ether oxygens (including phenoxy) is 4. The molecule has 0 bridgehead atoms. The lowest BCUT2D eigenvalue weighted by atomic mass is 10.1. The van der Waals surface area contributed by atoms with Crippen molar-refractivity contribution in [1.29, 1.82) is 0 Å². The Morgan fingerprint density at radius 3 is 0.817 bits per heavy atom. The van der Waals surface area contributed by atoms with E-state index in [0.717, 1.165) is 154 Å². The molecule has 0 spiro atoms. The van der Waals surface area contributed by atoms with Crippen molar-refractivity contribution in [3.8, 4) is 0 Å². The molecular formula is C85H138O17P2. The van der Waals surface area contributed by atoms with Crippen molar-refractivity contribution in [2.75, 3.05) is 39.6 Å². The molecule has 104 heavy (non-hydrogen) atoms. The lowest BCUT2D eigenvalue weighted by Crippen LogP contribution is -2.30. The van der Waals surface area contributed by atoms with Gasteiger partial charge in [-0.25, -0.2) is 9.13 Å². The van der Waals surface area contributed by atoms with Crippen molar-refractivity contribution >= 4 is 39.5 Å². The summed E-state index contributed by atoms with van der Waals surface area (Å²) < 4.78 is 68.4. The summed E-state index contributed by atoms with van der Waals surface area (Å²) in [7, 11) is -10.0. The van der Waals surface area contributed by atoms with E-state index in [1.165, 1.54) is 38.5 Å². The van der Waals surface area contributed by atoms with Gasteiger partial charge < -0.3 is 33.8 Å². The molecule has 590 valence electrons. The van der Waals surface area contributed by atoms with Crippen molar-refractivity contribution in [1.82, 2.24) is 0 Å². The van der Waals surface area contributed by atoms with Gasteiger partial charge in [-0.15, -0.1) is 0 Å². The van der Waals surface area contributed by atoms with Gasteiger partial charge in [-0.3, -0.25) is 37.3 Å². The van der Waals surface area contributed by atoms with E-state index in [1.54, 1.807) is 0 Å². The van der Waals surface area contributed by atoms with Crippen LogP contribution in [0.15, 0.2) is 170 Å². The minimum atomic E-state index is -5.01. The van der Waals surface area contributed by atoms with E-state index in [1.807, 2.05) is 24.3 Å². The summed E-state index contributed by atoms with van der Waals surface area (Å²) in [6.45, 7) is 4.36. The van der Waals surface area contributed by atoms with E-state index in [2.05, 4.69) is 174 Å². The first-order chi connectivity index (χ1) is 50.7. The molecule has 3 N–H and O–H groups in total. The topological polar surface area (TPSA) is 237 Å². The quantitative estimate of drug-likeness (QED) is 0.0169. The maximum Gasteiger partial charge on any atom is 0.472 e. The second kappa shape index (κ2) is 75.6. The Hall–Kier alpha value is -5.58. The molecule has 0 aliphatic heterocycles. The largest absolute Gasteiger partial charge is 0.472 e. The van der Waals surface area contributed by atoms with Gasteiger partial charge in [0.15, 0.2) is 12.2 Å². The average Bonchev–Trinajstić information content (AvgIpc) is 0.930. The number of carbonyl (C=O) groups excluding carboxylic acids is 4. The molecule has 0 aromatic carbocycles. The van der Waals surface area contributed by atoms with Crippen LogP contribution in [0, 0.1) is 0 Å². The highest BCUT2D eigenvalue weighted by molar-refractivity contribution is 7.47. The highest BCUT2D eigenvalue weighted by Crippen LogP contribution is 2.45. The number of allylic oxidation sites excluding steroid dienone is 28. The van der Waals surface area contributed by atoms with Gasteiger partial charge in [-0.2, -0.15) is 0 Å². The molecule has 19 heteroatoms. The molecule has 0 fully saturated rings. The molecule has 0 heterocycles. The molecule has 0 saturated carbocycles. The number of carbonyl (C=O) groups is 4. The van der Waals surface area contributed by atoms with Crippen LogP contribution in [0.4, 0.5) is 0 Å². The van der Waals surface area contributed by atoms with E-state index in [0.29, 0.717) is 38.5 Å². The molecule has 0 rings (SSSR count). The van der Waals surface area contributed by atoms with E-state index >= 15 is 0 Å². The second-order valence-electron chi connectivity index (χ2n) is 25.5. The number of aliphatic hydroxyl groups excluding tert-OH is 1. The number of phosphoric acid groups is 2. The molecular weight excluding hydrogens is 1350 g/mol. The lowest BCUT2D eigenvalue weighted by molar-refractivity contribution is -0.161. The van der Waals surface area contributed by atoms with E-state index < -0.39 is 97.5 Å². The van der Waals surface area contributed by atoms with Gasteiger partial charge in [0.1, 0.15) is 19.3 Å². The predicted octanol–water partition coefficient (Wildman–Crippen LogP) is 23.0. The fourth-order valence-electron chi connectivity index (χ4n) is 9.81. The SMILES string of the molecule is CC/C=C\C/C=C\C/C=C\C/C=C\C/C=C\CCCC(=O)OCC(COP(=O)(O)OCC(O)COP(=O)(O)OCC(COC(=O)CCCCCCCC/C=C\C/C=C\C/C=C\C/C=C\CC)OC(=O)CCCCCCCCCCCCC)OC(=O)CCC/C=C\C/C=C\C/C=C\C/C=C\C/C=C\CC. The first-order valence-electron chi connectivity index (χ1n) is 39.4. The van der Waals surface area contributed by atoms with Crippen molar-refractivity contribution in [3.05, 3.63) is 170 Å². The number of hydrogen-bond donors (Lipinski definition) is 3. The van der Waals surface area contributed by atoms with Crippen molar-refractivity contribution in [3.63, 3.8) is 0 Å². The van der Waals surface area contributed by atoms with Crippen LogP contribution >= 0.6 is 15.6 Å². The van der Waals surface area contributed by atoms with Gasteiger partial charge in [0.2, 0.25) is 0 Å². The third-order valence-corrected chi connectivity index (χ3v) is 17.6. The molecule has 5 unspecified atom stereocenters. The fraction of sp³-hybridized carbons (Fsp3) is 0.624. The summed E-state index contributed by atoms with van der Waals surface area (Å²) in [5.74, 6) is -2.34. The molecule has 0 saturated heterocycles. The van der Waals surface area contributed by atoms with Crippen LogP contribution < -0.4 is 0 Å². The third kappa shape index (κ3) is 74.7. The summed E-state index contributed by atoms with van der Waals surface area (Å²) in [5, 5.41) is 10.6. The molecule has 0 amide bonds. The minimum Gasteiger partial charge on any atom is -0.462 e. The van der Waals surface area contributed by atoms with Crippen molar-refractivity contribution in [2.45, 2.75) is 303 Å². The summed E-state index contributed by atoms with van der Waals surface area (Å²) in [4.78, 5) is 72.9. The summed E-state index contributed by atoms with van der Waals surface area (Å²) in [5.41, 5.74) is 0. The highest BCUT2D eigenvalue weighted by Gasteiger charge is 2.30. The van der Waals surface area contributed by atoms with Crippen LogP contribution in [0.1, 0.15) is 285 Å². The highest BCUT2D eigenvalue weighted by atomic mass is 31.2. The van der Waals surface area contributed by atoms with Crippen LogP contribution in [-0.4, -0.2) is 96.7 Å². The number of rotatable bonds is 72. The molecule has 0 radical (unpaired) electrons. The van der Waals surface area contributed by atoms with Gasteiger partial charge in [-0.1, -0.05) is 288 Å². The Morgan fingerprint density at radius 1 is 0.279 bits per heavy atom. The number of phosphoric ester groups is 2. The zero-order valence-corrected chi connectivity index (χ0v) is 66.2. The van der Waals surface area contributed by atoms with Crippen LogP contribution in [-0.2, 0) is 65.4 Å². The van der Waals surface area contributed by atoms with E-state index in [-0.39, 0.29) is 25.7 Å². The Balaban J connectivity index is 5.45. The molecule has 17 nitrogen and oxygen atoms in total. The number of unbranched alkanes of at least 4 members (excludes halogenated alkanes) is 18. The monoisotopic (exact) mass is 1490 g/mol. The number of aliphatic hydroxyl groups is 1. The zero-order valence-electron chi connectivity index (χ0n) is 64.4. The Morgan fingerprint density at radius 2 is 0.510 bits per heavy atom. The number of esters is 4. The van der Waals surface area contributed by atoms with E-state index in [9.17, 15) is 43.2 Å². The third-order valence-electron chi connectivity index (χ3n) is 15.7. The Kier molecular flexibility index (Phi) is 71.6. The fourth-order valence-corrected chi connectivity index (χ4v) is 11.4. The zero-order chi connectivity index (χ0) is 76.0. The molecule has 5 atom stereocenters. The van der Waals surface area contributed by atoms with Gasteiger partial charge in [0, 0.05) is 25.7 Å².